The lowest BCUT2D eigenvalue weighted by Gasteiger charge is -2.14. The van der Waals surface area contributed by atoms with E-state index >= 15 is 0 Å². The lowest BCUT2D eigenvalue weighted by Crippen LogP contribution is -1.87. The molecule has 0 radical (unpaired) electrons. The molecule has 146 valence electrons. The Balaban J connectivity index is 1.68. The van der Waals surface area contributed by atoms with Crippen LogP contribution in [0.3, 0.4) is 0 Å². The molecule has 0 aliphatic carbocycles. The molecule has 4 heteroatoms. The zero-order valence-corrected chi connectivity index (χ0v) is 15.9. The number of fused-ring (bicyclic) bond motifs is 2. The summed E-state index contributed by atoms with van der Waals surface area (Å²) in [5.74, 6) is -0.212. The molecule has 30 heavy (non-hydrogen) atoms. The summed E-state index contributed by atoms with van der Waals surface area (Å²) >= 11 is 0. The molecule has 0 amide bonds. The van der Waals surface area contributed by atoms with E-state index in [4.69, 9.17) is 0 Å². The van der Waals surface area contributed by atoms with E-state index in [9.17, 15) is 20.4 Å². The molecule has 4 N–H and O–H groups in total. The molecular weight excluding hydrogens is 376 g/mol. The lowest BCUT2D eigenvalue weighted by molar-refractivity contribution is 0.458. The molecule has 0 saturated carbocycles. The molecule has 0 heterocycles. The summed E-state index contributed by atoms with van der Waals surface area (Å²) in [5.41, 5.74) is 1.44. The summed E-state index contributed by atoms with van der Waals surface area (Å²) in [7, 11) is 0. The van der Waals surface area contributed by atoms with Gasteiger partial charge in [0.1, 0.15) is 23.0 Å². The van der Waals surface area contributed by atoms with Gasteiger partial charge in [0.2, 0.25) is 0 Å². The predicted molar refractivity (Wildman–Crippen MR) is 119 cm³/mol. The first-order chi connectivity index (χ1) is 14.5. The van der Waals surface area contributed by atoms with Crippen molar-refractivity contribution >= 4 is 21.5 Å². The zero-order chi connectivity index (χ0) is 20.8. The van der Waals surface area contributed by atoms with Crippen LogP contribution in [0, 0.1) is 0 Å². The topological polar surface area (TPSA) is 80.9 Å². The maximum absolute atomic E-state index is 10.7. The second kappa shape index (κ2) is 6.71. The van der Waals surface area contributed by atoms with E-state index in [0.717, 1.165) is 21.5 Å². The third-order valence-corrected chi connectivity index (χ3v) is 5.42. The quantitative estimate of drug-likeness (QED) is 0.271. The Morgan fingerprint density at radius 1 is 0.333 bits per heavy atom. The van der Waals surface area contributed by atoms with E-state index < -0.39 is 0 Å². The molecule has 0 atom stereocenters. The summed E-state index contributed by atoms with van der Waals surface area (Å²) in [6.07, 6.45) is 0. The van der Waals surface area contributed by atoms with Gasteiger partial charge in [-0.25, -0.2) is 0 Å². The normalized spacial score (nSPS) is 11.2. The van der Waals surface area contributed by atoms with Gasteiger partial charge in [-0.3, -0.25) is 0 Å². The van der Waals surface area contributed by atoms with E-state index in [1.54, 1.807) is 24.3 Å². The standard InChI is InChI=1S/C26H18O4/c27-23-11-17-7-3-1-5-15(17)9-19(23)21-13-26(30)22(14-25(21)29)20-10-16-6-2-4-8-18(16)12-24(20)28/h1-14,27-30H. The summed E-state index contributed by atoms with van der Waals surface area (Å²) in [4.78, 5) is 0. The number of hydrogen-bond acceptors (Lipinski definition) is 4. The number of phenols is 4. The largest absolute Gasteiger partial charge is 0.507 e. The van der Waals surface area contributed by atoms with Gasteiger partial charge in [-0.1, -0.05) is 48.5 Å². The fraction of sp³-hybridized carbons (Fsp3) is 0. The third-order valence-electron chi connectivity index (χ3n) is 5.42. The Morgan fingerprint density at radius 2 is 0.600 bits per heavy atom. The molecule has 0 saturated heterocycles. The first-order valence-corrected chi connectivity index (χ1v) is 9.51. The molecule has 0 bridgehead atoms. The second-order valence-corrected chi connectivity index (χ2v) is 7.32. The SMILES string of the molecule is Oc1cc(-c2cc3ccccc3cc2O)c(O)cc1-c1cc2ccccc2cc1O. The van der Waals surface area contributed by atoms with Crippen molar-refractivity contribution in [3.8, 4) is 45.3 Å². The van der Waals surface area contributed by atoms with E-state index in [2.05, 4.69) is 0 Å². The predicted octanol–water partition coefficient (Wildman–Crippen LogP) is 6.15. The number of aromatic hydroxyl groups is 4. The molecule has 5 aromatic carbocycles. The number of phenolic OH excluding ortho intramolecular Hbond substituents is 4. The molecule has 0 fully saturated rings. The van der Waals surface area contributed by atoms with Crippen molar-refractivity contribution in [2.45, 2.75) is 0 Å². The van der Waals surface area contributed by atoms with Crippen molar-refractivity contribution in [3.63, 3.8) is 0 Å². The van der Waals surface area contributed by atoms with Crippen molar-refractivity contribution in [3.05, 3.63) is 84.9 Å². The fourth-order valence-corrected chi connectivity index (χ4v) is 3.90. The van der Waals surface area contributed by atoms with Crippen LogP contribution in [0.2, 0.25) is 0 Å². The van der Waals surface area contributed by atoms with Crippen molar-refractivity contribution in [1.82, 2.24) is 0 Å². The Hall–Kier alpha value is -4.18. The van der Waals surface area contributed by atoms with E-state index in [1.807, 2.05) is 48.5 Å². The summed E-state index contributed by atoms with van der Waals surface area (Å²) in [5, 5.41) is 46.0. The van der Waals surface area contributed by atoms with Crippen LogP contribution in [-0.4, -0.2) is 20.4 Å². The Morgan fingerprint density at radius 3 is 0.967 bits per heavy atom. The van der Waals surface area contributed by atoms with Gasteiger partial charge >= 0.3 is 0 Å². The van der Waals surface area contributed by atoms with E-state index in [-0.39, 0.29) is 23.0 Å². The zero-order valence-electron chi connectivity index (χ0n) is 15.9. The van der Waals surface area contributed by atoms with Crippen molar-refractivity contribution in [1.29, 1.82) is 0 Å². The Labute approximate surface area is 172 Å². The van der Waals surface area contributed by atoms with Crippen molar-refractivity contribution < 1.29 is 20.4 Å². The smallest absolute Gasteiger partial charge is 0.124 e. The summed E-state index contributed by atoms with van der Waals surface area (Å²) in [6, 6.07) is 24.8. The van der Waals surface area contributed by atoms with Gasteiger partial charge in [0.25, 0.3) is 0 Å². The van der Waals surface area contributed by atoms with Crippen molar-refractivity contribution in [2.75, 3.05) is 0 Å². The van der Waals surface area contributed by atoms with Gasteiger partial charge in [-0.05, 0) is 57.9 Å². The molecule has 5 aromatic rings. The Kier molecular flexibility index (Phi) is 4.00. The highest BCUT2D eigenvalue weighted by molar-refractivity contribution is 5.95. The monoisotopic (exact) mass is 394 g/mol. The van der Waals surface area contributed by atoms with Gasteiger partial charge in [0.15, 0.2) is 0 Å². The molecule has 0 aliphatic rings. The molecule has 0 unspecified atom stereocenters. The van der Waals surface area contributed by atoms with Crippen LogP contribution >= 0.6 is 0 Å². The third kappa shape index (κ3) is 2.86. The van der Waals surface area contributed by atoms with Gasteiger partial charge < -0.3 is 20.4 Å². The first kappa shape index (κ1) is 17.9. The first-order valence-electron chi connectivity index (χ1n) is 9.51. The van der Waals surface area contributed by atoms with Crippen LogP contribution < -0.4 is 0 Å². The van der Waals surface area contributed by atoms with Crippen molar-refractivity contribution in [2.24, 2.45) is 0 Å². The molecular formula is C26H18O4. The number of hydrogen-bond donors (Lipinski definition) is 4. The number of benzene rings is 5. The van der Waals surface area contributed by atoms with Gasteiger partial charge in [-0.2, -0.15) is 0 Å². The van der Waals surface area contributed by atoms with Crippen LogP contribution in [0.25, 0.3) is 43.8 Å². The Bertz CT molecular complexity index is 1330. The summed E-state index contributed by atoms with van der Waals surface area (Å²) < 4.78 is 0. The average molecular weight is 394 g/mol. The maximum Gasteiger partial charge on any atom is 0.124 e. The minimum Gasteiger partial charge on any atom is -0.507 e. The van der Waals surface area contributed by atoms with E-state index in [1.165, 1.54) is 12.1 Å². The highest BCUT2D eigenvalue weighted by atomic mass is 16.3. The van der Waals surface area contributed by atoms with E-state index in [0.29, 0.717) is 22.3 Å². The van der Waals surface area contributed by atoms with Gasteiger partial charge in [0.05, 0.1) is 0 Å². The molecule has 0 spiro atoms. The van der Waals surface area contributed by atoms with Gasteiger partial charge in [0, 0.05) is 22.3 Å². The van der Waals surface area contributed by atoms with Crippen LogP contribution in [0.5, 0.6) is 23.0 Å². The molecule has 0 aromatic heterocycles. The average Bonchev–Trinajstić information content (AvgIpc) is 2.74. The highest BCUT2D eigenvalue weighted by Crippen LogP contribution is 2.45. The maximum atomic E-state index is 10.7. The minimum atomic E-state index is -0.110. The van der Waals surface area contributed by atoms with Crippen LogP contribution in [-0.2, 0) is 0 Å². The second-order valence-electron chi connectivity index (χ2n) is 7.32. The molecule has 4 nitrogen and oxygen atoms in total. The van der Waals surface area contributed by atoms with Gasteiger partial charge in [-0.15, -0.1) is 0 Å². The van der Waals surface area contributed by atoms with Crippen LogP contribution in [0.1, 0.15) is 0 Å². The molecule has 5 rings (SSSR count). The molecule has 0 aliphatic heterocycles. The summed E-state index contributed by atoms with van der Waals surface area (Å²) in [6.45, 7) is 0. The van der Waals surface area contributed by atoms with Crippen LogP contribution in [0.15, 0.2) is 84.9 Å². The van der Waals surface area contributed by atoms with Crippen LogP contribution in [0.4, 0.5) is 0 Å². The highest BCUT2D eigenvalue weighted by Gasteiger charge is 2.17. The fourth-order valence-electron chi connectivity index (χ4n) is 3.90. The number of rotatable bonds is 2. The minimum absolute atomic E-state index is 0.00435. The lowest BCUT2D eigenvalue weighted by atomic mass is 9.94.